The third kappa shape index (κ3) is 2.24. The maximum atomic E-state index is 12.0. The van der Waals surface area contributed by atoms with Gasteiger partial charge in [-0.3, -0.25) is 4.79 Å². The molecule has 1 aromatic carbocycles. The predicted molar refractivity (Wildman–Crippen MR) is 71.7 cm³/mol. The van der Waals surface area contributed by atoms with Gasteiger partial charge in [0.2, 0.25) is 0 Å². The van der Waals surface area contributed by atoms with E-state index in [9.17, 15) is 4.79 Å². The smallest absolute Gasteiger partial charge is 0.252 e. The Bertz CT molecular complexity index is 558. The Kier molecular flexibility index (Phi) is 3.67. The van der Waals surface area contributed by atoms with E-state index in [-0.39, 0.29) is 19.1 Å². The molecule has 0 unspecified atom stereocenters. The number of hydrogen-bond acceptors (Lipinski definition) is 2. The van der Waals surface area contributed by atoms with Crippen LogP contribution in [0.4, 0.5) is 0 Å². The van der Waals surface area contributed by atoms with E-state index in [4.69, 9.17) is 5.11 Å². The maximum absolute atomic E-state index is 12.0. The van der Waals surface area contributed by atoms with E-state index in [1.165, 1.54) is 0 Å². The van der Waals surface area contributed by atoms with Gasteiger partial charge in [-0.05, 0) is 32.0 Å². The van der Waals surface area contributed by atoms with Crippen molar-refractivity contribution in [2.24, 2.45) is 0 Å². The van der Waals surface area contributed by atoms with Gasteiger partial charge in [0, 0.05) is 35.2 Å². The van der Waals surface area contributed by atoms with Gasteiger partial charge in [-0.25, -0.2) is 0 Å². The molecule has 4 nitrogen and oxygen atoms in total. The first-order valence-electron chi connectivity index (χ1n) is 6.13. The van der Waals surface area contributed by atoms with Crippen molar-refractivity contribution in [1.29, 1.82) is 0 Å². The third-order valence-electron chi connectivity index (χ3n) is 2.96. The van der Waals surface area contributed by atoms with E-state index in [0.29, 0.717) is 11.6 Å². The highest BCUT2D eigenvalue weighted by Crippen LogP contribution is 2.23. The van der Waals surface area contributed by atoms with Crippen LogP contribution in [0.3, 0.4) is 0 Å². The number of hydrogen-bond donors (Lipinski definition) is 2. The summed E-state index contributed by atoms with van der Waals surface area (Å²) >= 11 is 0. The van der Waals surface area contributed by atoms with E-state index in [2.05, 4.69) is 23.7 Å². The van der Waals surface area contributed by atoms with Crippen molar-refractivity contribution >= 4 is 16.8 Å². The van der Waals surface area contributed by atoms with E-state index in [1.807, 2.05) is 24.4 Å². The van der Waals surface area contributed by atoms with Crippen molar-refractivity contribution in [1.82, 2.24) is 9.88 Å². The highest BCUT2D eigenvalue weighted by atomic mass is 16.3. The molecule has 0 saturated heterocycles. The fourth-order valence-corrected chi connectivity index (χ4v) is 2.10. The average molecular weight is 246 g/mol. The summed E-state index contributed by atoms with van der Waals surface area (Å²) in [7, 11) is 0. The summed E-state index contributed by atoms with van der Waals surface area (Å²) < 4.78 is 2.14. The molecule has 4 heteroatoms. The van der Waals surface area contributed by atoms with Crippen LogP contribution in [0.5, 0.6) is 0 Å². The van der Waals surface area contributed by atoms with Crippen LogP contribution in [0.2, 0.25) is 0 Å². The minimum Gasteiger partial charge on any atom is -0.395 e. The number of rotatable bonds is 4. The van der Waals surface area contributed by atoms with Gasteiger partial charge in [0.1, 0.15) is 0 Å². The second-order valence-electron chi connectivity index (χ2n) is 4.53. The molecule has 96 valence electrons. The van der Waals surface area contributed by atoms with Crippen LogP contribution >= 0.6 is 0 Å². The molecule has 0 saturated carbocycles. The molecule has 2 aromatic rings. The largest absolute Gasteiger partial charge is 0.395 e. The number of benzene rings is 1. The van der Waals surface area contributed by atoms with Crippen molar-refractivity contribution in [2.75, 3.05) is 13.2 Å². The second-order valence-corrected chi connectivity index (χ2v) is 4.53. The van der Waals surface area contributed by atoms with E-state index >= 15 is 0 Å². The quantitative estimate of drug-likeness (QED) is 0.866. The molecule has 18 heavy (non-hydrogen) atoms. The van der Waals surface area contributed by atoms with Crippen LogP contribution in [0, 0.1) is 0 Å². The second kappa shape index (κ2) is 5.23. The molecular formula is C14H18N2O2. The van der Waals surface area contributed by atoms with Crippen molar-refractivity contribution < 1.29 is 9.90 Å². The fourth-order valence-electron chi connectivity index (χ4n) is 2.10. The lowest BCUT2D eigenvalue weighted by Gasteiger charge is -2.10. The number of amides is 1. The standard InChI is InChI=1S/C14H18N2O2/c1-10(2)16-8-6-11-12(4-3-5-13(11)16)14(18)15-7-9-17/h3-6,8,10,17H,7,9H2,1-2H3,(H,15,18). The van der Waals surface area contributed by atoms with Gasteiger partial charge < -0.3 is 15.0 Å². The Labute approximate surface area is 106 Å². The maximum Gasteiger partial charge on any atom is 0.252 e. The summed E-state index contributed by atoms with van der Waals surface area (Å²) in [6, 6.07) is 8.02. The number of aliphatic hydroxyl groups is 1. The summed E-state index contributed by atoms with van der Waals surface area (Å²) in [6.07, 6.45) is 2.00. The first-order valence-corrected chi connectivity index (χ1v) is 6.13. The number of fused-ring (bicyclic) bond motifs is 1. The Morgan fingerprint density at radius 3 is 2.83 bits per heavy atom. The van der Waals surface area contributed by atoms with Crippen molar-refractivity contribution in [3.05, 3.63) is 36.0 Å². The van der Waals surface area contributed by atoms with Gasteiger partial charge in [-0.15, -0.1) is 0 Å². The molecule has 1 aromatic heterocycles. The van der Waals surface area contributed by atoms with Gasteiger partial charge in [0.15, 0.2) is 0 Å². The number of carbonyl (C=O) groups is 1. The highest BCUT2D eigenvalue weighted by molar-refractivity contribution is 6.06. The SMILES string of the molecule is CC(C)n1ccc2c(C(=O)NCCO)cccc21. The molecule has 1 amide bonds. The molecule has 0 atom stereocenters. The lowest BCUT2D eigenvalue weighted by Crippen LogP contribution is -2.26. The fraction of sp³-hybridized carbons (Fsp3) is 0.357. The van der Waals surface area contributed by atoms with Gasteiger partial charge in [-0.1, -0.05) is 6.07 Å². The Hall–Kier alpha value is -1.81. The first kappa shape index (κ1) is 12.6. The molecular weight excluding hydrogens is 228 g/mol. The monoisotopic (exact) mass is 246 g/mol. The number of carbonyl (C=O) groups excluding carboxylic acids is 1. The summed E-state index contributed by atoms with van der Waals surface area (Å²) in [5.41, 5.74) is 1.71. The molecule has 0 aliphatic carbocycles. The zero-order valence-electron chi connectivity index (χ0n) is 10.7. The average Bonchev–Trinajstić information content (AvgIpc) is 2.79. The van der Waals surface area contributed by atoms with E-state index < -0.39 is 0 Å². The van der Waals surface area contributed by atoms with Crippen LogP contribution in [0.1, 0.15) is 30.2 Å². The first-order chi connectivity index (χ1) is 8.65. The van der Waals surface area contributed by atoms with E-state index in [0.717, 1.165) is 10.9 Å². The molecule has 0 radical (unpaired) electrons. The molecule has 2 N–H and O–H groups in total. The zero-order chi connectivity index (χ0) is 13.1. The van der Waals surface area contributed by atoms with Gasteiger partial charge in [0.05, 0.1) is 6.61 Å². The predicted octanol–water partition coefficient (Wildman–Crippen LogP) is 1.94. The number of aromatic nitrogens is 1. The van der Waals surface area contributed by atoms with Crippen LogP contribution in [0.25, 0.3) is 10.9 Å². The van der Waals surface area contributed by atoms with Crippen LogP contribution in [-0.4, -0.2) is 28.7 Å². The normalized spacial score (nSPS) is 11.1. The summed E-state index contributed by atoms with van der Waals surface area (Å²) in [5.74, 6) is -0.142. The number of nitrogens with zero attached hydrogens (tertiary/aromatic N) is 1. The molecule has 0 fully saturated rings. The molecule has 2 rings (SSSR count). The Morgan fingerprint density at radius 1 is 1.39 bits per heavy atom. The summed E-state index contributed by atoms with van der Waals surface area (Å²) in [5, 5.41) is 12.4. The Balaban J connectivity index is 2.43. The topological polar surface area (TPSA) is 54.3 Å². The molecule has 0 aliphatic heterocycles. The highest BCUT2D eigenvalue weighted by Gasteiger charge is 2.12. The lowest BCUT2D eigenvalue weighted by molar-refractivity contribution is 0.0946. The van der Waals surface area contributed by atoms with Crippen LogP contribution in [-0.2, 0) is 0 Å². The molecule has 0 spiro atoms. The van der Waals surface area contributed by atoms with E-state index in [1.54, 1.807) is 6.07 Å². The minimum absolute atomic E-state index is 0.0469. The minimum atomic E-state index is -0.142. The third-order valence-corrected chi connectivity index (χ3v) is 2.96. The van der Waals surface area contributed by atoms with Gasteiger partial charge in [-0.2, -0.15) is 0 Å². The summed E-state index contributed by atoms with van der Waals surface area (Å²) in [6.45, 7) is 4.45. The van der Waals surface area contributed by atoms with Crippen molar-refractivity contribution in [2.45, 2.75) is 19.9 Å². The molecule has 0 bridgehead atoms. The number of nitrogens with one attached hydrogen (secondary N) is 1. The molecule has 1 heterocycles. The molecule has 0 aliphatic rings. The van der Waals surface area contributed by atoms with Crippen molar-refractivity contribution in [3.8, 4) is 0 Å². The zero-order valence-corrected chi connectivity index (χ0v) is 10.7. The number of aliphatic hydroxyl groups excluding tert-OH is 1. The van der Waals surface area contributed by atoms with Crippen LogP contribution < -0.4 is 5.32 Å². The lowest BCUT2D eigenvalue weighted by atomic mass is 10.1. The van der Waals surface area contributed by atoms with Gasteiger partial charge >= 0.3 is 0 Å². The Morgan fingerprint density at radius 2 is 2.17 bits per heavy atom. The van der Waals surface area contributed by atoms with Crippen molar-refractivity contribution in [3.63, 3.8) is 0 Å². The van der Waals surface area contributed by atoms with Gasteiger partial charge in [0.25, 0.3) is 5.91 Å². The van der Waals surface area contributed by atoms with Crippen LogP contribution in [0.15, 0.2) is 30.5 Å². The summed E-state index contributed by atoms with van der Waals surface area (Å²) in [4.78, 5) is 12.0.